The van der Waals surface area contributed by atoms with Gasteiger partial charge in [0.05, 0.1) is 26.4 Å². The van der Waals surface area contributed by atoms with Gasteiger partial charge in [0.25, 0.3) is 0 Å². The molecular weight excluding hydrogens is 445 g/mol. The summed E-state index contributed by atoms with van der Waals surface area (Å²) in [5, 5.41) is 9.22. The van der Waals surface area contributed by atoms with Crippen molar-refractivity contribution in [1.29, 1.82) is 0 Å². The van der Waals surface area contributed by atoms with Crippen LogP contribution in [0.5, 0.6) is 17.2 Å². The summed E-state index contributed by atoms with van der Waals surface area (Å²) in [6.07, 6.45) is -4.97. The second kappa shape index (κ2) is 8.84. The number of hydrogen-bond acceptors (Lipinski definition) is 6. The number of hydrogen-bond donors (Lipinski definition) is 1. The van der Waals surface area contributed by atoms with Crippen LogP contribution in [0.15, 0.2) is 30.3 Å². The van der Waals surface area contributed by atoms with Crippen LogP contribution in [0.4, 0.5) is 13.2 Å². The first-order chi connectivity index (χ1) is 15.4. The average molecular weight is 468 g/mol. The Kier molecular flexibility index (Phi) is 6.49. The number of carbonyl (C=O) groups excluding carboxylic acids is 1. The Balaban J connectivity index is 2.10. The van der Waals surface area contributed by atoms with Crippen LogP contribution in [0.25, 0.3) is 11.1 Å². The minimum Gasteiger partial charge on any atom is -0.493 e. The Morgan fingerprint density at radius 1 is 1.06 bits per heavy atom. The van der Waals surface area contributed by atoms with E-state index in [4.69, 9.17) is 18.9 Å². The first-order valence-corrected chi connectivity index (χ1v) is 9.89. The van der Waals surface area contributed by atoms with E-state index in [1.54, 1.807) is 30.3 Å². The van der Waals surface area contributed by atoms with E-state index in [-0.39, 0.29) is 23.9 Å². The highest BCUT2D eigenvalue weighted by atomic mass is 19.4. The molecule has 1 heterocycles. The standard InChI is InChI=1S/C23H23F3O7/c1-22(2,19(20(27)28)23(24,25)26)11-33-17-13(8-9-16(30-3)18(17)31-4)12-6-5-7-14-15(12)10-32-21(14)29/h5-9,19H,10-11H2,1-4H3,(H,27,28). The molecule has 33 heavy (non-hydrogen) atoms. The molecular formula is C23H23F3O7. The molecule has 0 saturated carbocycles. The number of carboxylic acids is 1. The number of ether oxygens (including phenoxy) is 4. The van der Waals surface area contributed by atoms with Gasteiger partial charge in [0.15, 0.2) is 17.4 Å². The molecule has 2 aromatic rings. The number of carbonyl (C=O) groups is 2. The molecule has 178 valence electrons. The molecule has 0 aliphatic carbocycles. The second-order valence-electron chi connectivity index (χ2n) is 8.18. The fourth-order valence-electron chi connectivity index (χ4n) is 3.91. The maximum atomic E-state index is 13.5. The fourth-order valence-corrected chi connectivity index (χ4v) is 3.91. The summed E-state index contributed by atoms with van der Waals surface area (Å²) < 4.78 is 62.0. The number of carboxylic acid groups (broad SMARTS) is 1. The van der Waals surface area contributed by atoms with E-state index in [9.17, 15) is 27.9 Å². The van der Waals surface area contributed by atoms with Gasteiger partial charge in [0.1, 0.15) is 6.61 Å². The molecule has 0 bridgehead atoms. The van der Waals surface area contributed by atoms with Crippen LogP contribution < -0.4 is 14.2 Å². The molecule has 1 aliphatic rings. The van der Waals surface area contributed by atoms with Crippen molar-refractivity contribution in [2.45, 2.75) is 26.6 Å². The van der Waals surface area contributed by atoms with Crippen LogP contribution >= 0.6 is 0 Å². The summed E-state index contributed by atoms with van der Waals surface area (Å²) >= 11 is 0. The van der Waals surface area contributed by atoms with Gasteiger partial charge in [-0.3, -0.25) is 4.79 Å². The highest BCUT2D eigenvalue weighted by Gasteiger charge is 2.54. The van der Waals surface area contributed by atoms with Crippen LogP contribution in [-0.2, 0) is 16.1 Å². The van der Waals surface area contributed by atoms with E-state index in [0.29, 0.717) is 22.3 Å². The number of aliphatic carboxylic acids is 1. The highest BCUT2D eigenvalue weighted by molar-refractivity contribution is 5.96. The van der Waals surface area contributed by atoms with Gasteiger partial charge < -0.3 is 24.1 Å². The zero-order chi connectivity index (χ0) is 24.6. The van der Waals surface area contributed by atoms with Crippen molar-refractivity contribution in [3.63, 3.8) is 0 Å². The van der Waals surface area contributed by atoms with E-state index in [0.717, 1.165) is 0 Å². The number of halogens is 3. The zero-order valence-corrected chi connectivity index (χ0v) is 18.4. The minimum atomic E-state index is -4.97. The highest BCUT2D eigenvalue weighted by Crippen LogP contribution is 2.48. The summed E-state index contributed by atoms with van der Waals surface area (Å²) in [4.78, 5) is 23.4. The Morgan fingerprint density at radius 2 is 1.73 bits per heavy atom. The molecule has 0 fully saturated rings. The predicted octanol–water partition coefficient (Wildman–Crippen LogP) is 4.71. The number of rotatable bonds is 8. The topological polar surface area (TPSA) is 91.3 Å². The first kappa shape index (κ1) is 24.2. The molecule has 10 heteroatoms. The van der Waals surface area contributed by atoms with Crippen LogP contribution in [0.3, 0.4) is 0 Å². The average Bonchev–Trinajstić information content (AvgIpc) is 3.11. The van der Waals surface area contributed by atoms with Gasteiger partial charge in [-0.05, 0) is 23.8 Å². The lowest BCUT2D eigenvalue weighted by Gasteiger charge is -2.33. The molecule has 0 saturated heterocycles. The SMILES string of the molecule is COc1ccc(-c2cccc3c2COC3=O)c(OCC(C)(C)C(C(=O)O)C(F)(F)F)c1OC. The van der Waals surface area contributed by atoms with Crippen LogP contribution in [-0.4, -0.2) is 44.0 Å². The predicted molar refractivity (Wildman–Crippen MR) is 111 cm³/mol. The monoisotopic (exact) mass is 468 g/mol. The van der Waals surface area contributed by atoms with E-state index in [1.807, 2.05) is 0 Å². The molecule has 0 amide bonds. The number of cyclic esters (lactones) is 1. The van der Waals surface area contributed by atoms with Gasteiger partial charge in [0, 0.05) is 16.5 Å². The third-order valence-corrected chi connectivity index (χ3v) is 5.48. The maximum Gasteiger partial charge on any atom is 0.402 e. The number of esters is 1. The summed E-state index contributed by atoms with van der Waals surface area (Å²) in [7, 11) is 2.74. The Morgan fingerprint density at radius 3 is 2.30 bits per heavy atom. The van der Waals surface area contributed by atoms with Gasteiger partial charge >= 0.3 is 18.1 Å². The smallest absolute Gasteiger partial charge is 0.402 e. The van der Waals surface area contributed by atoms with Gasteiger partial charge in [0.2, 0.25) is 5.75 Å². The second-order valence-corrected chi connectivity index (χ2v) is 8.18. The summed E-state index contributed by atoms with van der Waals surface area (Å²) in [6, 6.07) is 8.20. The summed E-state index contributed by atoms with van der Waals surface area (Å²) in [6.45, 7) is 1.76. The lowest BCUT2D eigenvalue weighted by molar-refractivity contribution is -0.216. The third-order valence-electron chi connectivity index (χ3n) is 5.48. The number of fused-ring (bicyclic) bond motifs is 1. The van der Waals surface area contributed by atoms with E-state index in [1.165, 1.54) is 28.1 Å². The summed E-state index contributed by atoms with van der Waals surface area (Å²) in [5.74, 6) is -4.69. The van der Waals surface area contributed by atoms with Crippen molar-refractivity contribution in [3.05, 3.63) is 41.5 Å². The molecule has 0 aromatic heterocycles. The van der Waals surface area contributed by atoms with E-state index < -0.39 is 36.1 Å². The quantitative estimate of drug-likeness (QED) is 0.561. The molecule has 1 unspecified atom stereocenters. The zero-order valence-electron chi connectivity index (χ0n) is 18.4. The van der Waals surface area contributed by atoms with E-state index in [2.05, 4.69) is 0 Å². The Hall–Kier alpha value is -3.43. The van der Waals surface area contributed by atoms with Crippen molar-refractivity contribution < 1.29 is 46.8 Å². The molecule has 1 aliphatic heterocycles. The number of methoxy groups -OCH3 is 2. The molecule has 7 nitrogen and oxygen atoms in total. The van der Waals surface area contributed by atoms with Crippen molar-refractivity contribution in [1.82, 2.24) is 0 Å². The van der Waals surface area contributed by atoms with Gasteiger partial charge in [-0.1, -0.05) is 26.0 Å². The van der Waals surface area contributed by atoms with Crippen LogP contribution in [0.1, 0.15) is 29.8 Å². The maximum absolute atomic E-state index is 13.5. The van der Waals surface area contributed by atoms with Gasteiger partial charge in [-0.15, -0.1) is 0 Å². The van der Waals surface area contributed by atoms with Crippen LogP contribution in [0.2, 0.25) is 0 Å². The molecule has 0 spiro atoms. The normalized spacial score (nSPS) is 14.3. The van der Waals surface area contributed by atoms with Crippen LogP contribution in [0, 0.1) is 11.3 Å². The van der Waals surface area contributed by atoms with Crippen molar-refractivity contribution >= 4 is 11.9 Å². The number of alkyl halides is 3. The fraction of sp³-hybridized carbons (Fsp3) is 0.391. The van der Waals surface area contributed by atoms with Crippen molar-refractivity contribution in [2.75, 3.05) is 20.8 Å². The van der Waals surface area contributed by atoms with Crippen molar-refractivity contribution in [3.8, 4) is 28.4 Å². The largest absolute Gasteiger partial charge is 0.493 e. The molecule has 1 N–H and O–H groups in total. The first-order valence-electron chi connectivity index (χ1n) is 9.89. The van der Waals surface area contributed by atoms with Gasteiger partial charge in [-0.25, -0.2) is 4.79 Å². The van der Waals surface area contributed by atoms with E-state index >= 15 is 0 Å². The molecule has 2 aromatic carbocycles. The lowest BCUT2D eigenvalue weighted by atomic mass is 9.79. The minimum absolute atomic E-state index is 0.0266. The lowest BCUT2D eigenvalue weighted by Crippen LogP contribution is -2.45. The molecule has 3 rings (SSSR count). The Bertz CT molecular complexity index is 1080. The number of benzene rings is 2. The summed E-state index contributed by atoms with van der Waals surface area (Å²) in [5.41, 5.74) is 0.136. The molecule has 0 radical (unpaired) electrons. The molecule has 1 atom stereocenters. The Labute approximate surface area is 188 Å². The van der Waals surface area contributed by atoms with Crippen molar-refractivity contribution in [2.24, 2.45) is 11.3 Å². The third kappa shape index (κ3) is 4.55. The van der Waals surface area contributed by atoms with Gasteiger partial charge in [-0.2, -0.15) is 13.2 Å².